The topological polar surface area (TPSA) is 664 Å². The minimum Gasteiger partial charge on any atom is -0.394 e. The monoisotopic (exact) mass is 1310 g/mol. The van der Waals surface area contributed by atoms with E-state index in [1.807, 2.05) is 0 Å². The molecule has 8 heterocycles. The lowest BCUT2D eigenvalue weighted by Gasteiger charge is -2.50. The van der Waals surface area contributed by atoms with Crippen molar-refractivity contribution < 1.29 is 204 Å². The van der Waals surface area contributed by atoms with E-state index in [2.05, 4.69) is 0 Å². The summed E-state index contributed by atoms with van der Waals surface area (Å²) in [5.74, 6) is 0. The summed E-state index contributed by atoms with van der Waals surface area (Å²) >= 11 is 0. The third-order valence-electron chi connectivity index (χ3n) is 16.7. The highest BCUT2D eigenvalue weighted by molar-refractivity contribution is 5.02. The predicted octanol–water partition coefficient (Wildman–Crippen LogP) is -18.5. The highest BCUT2D eigenvalue weighted by Gasteiger charge is 2.59. The molecule has 89 heavy (non-hydrogen) atoms. The molecule has 8 aliphatic heterocycles. The van der Waals surface area contributed by atoms with Crippen LogP contribution in [0.1, 0.15) is 0 Å². The molecule has 520 valence electrons. The highest BCUT2D eigenvalue weighted by atomic mass is 16.8. The number of hydrogen-bond acceptors (Lipinski definition) is 41. The lowest BCUT2D eigenvalue weighted by Crippen LogP contribution is -2.68. The molecule has 8 aliphatic rings. The largest absolute Gasteiger partial charge is 0.394 e. The Balaban J connectivity index is 0.850. The van der Waals surface area contributed by atoms with Gasteiger partial charge in [-0.2, -0.15) is 0 Å². The maximum absolute atomic E-state index is 11.4. The first-order chi connectivity index (χ1) is 42.2. The summed E-state index contributed by atoms with van der Waals surface area (Å²) in [7, 11) is 0. The van der Waals surface area contributed by atoms with Gasteiger partial charge in [0.25, 0.3) is 0 Å². The van der Waals surface area contributed by atoms with Crippen molar-refractivity contribution in [1.29, 1.82) is 0 Å². The van der Waals surface area contributed by atoms with Crippen LogP contribution in [0, 0.1) is 0 Å². The Morgan fingerprint density at radius 3 is 0.517 bits per heavy atom. The second kappa shape index (κ2) is 31.5. The fourth-order valence-corrected chi connectivity index (χ4v) is 11.5. The average molecular weight is 1320 g/mol. The Morgan fingerprint density at radius 2 is 0.326 bits per heavy atom. The Morgan fingerprint density at radius 1 is 0.169 bits per heavy atom. The van der Waals surface area contributed by atoms with Crippen molar-refractivity contribution >= 4 is 0 Å². The van der Waals surface area contributed by atoms with Gasteiger partial charge in [0.1, 0.15) is 195 Å². The van der Waals surface area contributed by atoms with E-state index in [0.29, 0.717) is 0 Å². The molecule has 0 aromatic carbocycles. The molecule has 0 spiro atoms. The highest BCUT2D eigenvalue weighted by Crippen LogP contribution is 2.39. The van der Waals surface area contributed by atoms with E-state index in [1.165, 1.54) is 0 Å². The number of rotatable bonds is 22. The van der Waals surface area contributed by atoms with E-state index >= 15 is 0 Å². The van der Waals surface area contributed by atoms with Crippen LogP contribution in [0.15, 0.2) is 0 Å². The smallest absolute Gasteiger partial charge is 0.187 e. The van der Waals surface area contributed by atoms with Crippen LogP contribution in [0.25, 0.3) is 0 Å². The van der Waals surface area contributed by atoms with Crippen molar-refractivity contribution in [2.75, 3.05) is 52.9 Å². The standard InChI is InChI=1S/C48H82O41/c49-1-9-17(57)18(58)27(67)42(76-9)84-35-11(3-51)78-44(29(69)20(35)60)86-37-13(5-53)80-46(31(71)22(37)62)88-39-15(7-55)82-48(33(73)24(39)64)89-40-16(8-56)81-47(32(72)25(40)65)87-38-14(6-54)79-45(30(70)23(38)63)85-36-12(4-52)77-43(28(68)21(36)61)83-34-10(2-50)75-41(74)26(66)19(34)59/h9-74H,1-8H2/t9-,10-,11-,12-,13-,14-,15-,16-,17+,18+,19-,20-,21-,22-,23-,24-,25-,26-,27-,28-,29-,30-,31-,32-,33-,34-,35+,36+,37+,38+,39+,40+,41?,42+,43+,44+,45+,46+,47+,48+/m1/s1. The van der Waals surface area contributed by atoms with Crippen molar-refractivity contribution in [3.63, 3.8) is 0 Å². The molecule has 41 nitrogen and oxygen atoms in total. The number of aliphatic hydroxyl groups is 26. The van der Waals surface area contributed by atoms with Crippen LogP contribution < -0.4 is 0 Å². The Hall–Kier alpha value is -1.64. The van der Waals surface area contributed by atoms with Gasteiger partial charge in [-0.3, -0.25) is 0 Å². The molecule has 8 fully saturated rings. The summed E-state index contributed by atoms with van der Waals surface area (Å²) in [5, 5.41) is 277. The first-order valence-corrected chi connectivity index (χ1v) is 28.2. The lowest BCUT2D eigenvalue weighted by molar-refractivity contribution is -0.399. The molecule has 8 saturated heterocycles. The molecular weight excluding hydrogens is 1230 g/mol. The molecule has 26 N–H and O–H groups in total. The quantitative estimate of drug-likeness (QED) is 0.0479. The van der Waals surface area contributed by atoms with Crippen molar-refractivity contribution in [2.24, 2.45) is 0 Å². The number of ether oxygens (including phenoxy) is 15. The van der Waals surface area contributed by atoms with Gasteiger partial charge < -0.3 is 204 Å². The maximum atomic E-state index is 11.4. The second-order valence-electron chi connectivity index (χ2n) is 22.4. The van der Waals surface area contributed by atoms with E-state index in [0.717, 1.165) is 0 Å². The molecule has 0 saturated carbocycles. The molecule has 1 unspecified atom stereocenters. The molecule has 0 radical (unpaired) electrons. The van der Waals surface area contributed by atoms with Crippen LogP contribution in [-0.2, 0) is 71.1 Å². The Labute approximate surface area is 501 Å². The molecule has 8 rings (SSSR count). The summed E-state index contributed by atoms with van der Waals surface area (Å²) in [6, 6.07) is 0. The lowest BCUT2D eigenvalue weighted by atomic mass is 9.95. The van der Waals surface area contributed by atoms with Crippen molar-refractivity contribution in [3.05, 3.63) is 0 Å². The first-order valence-electron chi connectivity index (χ1n) is 28.2. The van der Waals surface area contributed by atoms with E-state index < -0.39 is 299 Å². The number of hydrogen-bond donors (Lipinski definition) is 26. The number of aliphatic hydroxyl groups excluding tert-OH is 26. The van der Waals surface area contributed by atoms with Crippen LogP contribution in [0.3, 0.4) is 0 Å². The van der Waals surface area contributed by atoms with Gasteiger partial charge in [-0.05, 0) is 0 Å². The zero-order valence-corrected chi connectivity index (χ0v) is 46.5. The fourth-order valence-electron chi connectivity index (χ4n) is 11.5. The molecule has 0 bridgehead atoms. The molecule has 0 aliphatic carbocycles. The summed E-state index contributed by atoms with van der Waals surface area (Å²) in [4.78, 5) is 0. The molecule has 0 aromatic heterocycles. The van der Waals surface area contributed by atoms with Gasteiger partial charge in [0, 0.05) is 0 Å². The molecule has 40 atom stereocenters. The van der Waals surface area contributed by atoms with Gasteiger partial charge in [-0.15, -0.1) is 0 Å². The summed E-state index contributed by atoms with van der Waals surface area (Å²) in [6.45, 7) is -8.07. The van der Waals surface area contributed by atoms with Crippen LogP contribution in [-0.4, -0.2) is 431 Å². The molecule has 0 aromatic rings. The summed E-state index contributed by atoms with van der Waals surface area (Å²) in [5.41, 5.74) is 0. The van der Waals surface area contributed by atoms with Crippen molar-refractivity contribution in [3.8, 4) is 0 Å². The van der Waals surface area contributed by atoms with Crippen LogP contribution in [0.4, 0.5) is 0 Å². The third-order valence-corrected chi connectivity index (χ3v) is 16.7. The molecule has 0 amide bonds. The SMILES string of the molecule is OC[C@H]1O[C@@H](O[C@@H]2[C@H](O)[C@@H](O)[C@H](O[C@@H]3[C@H](O)[C@@H](O)[C@H](O[C@@H]4[C@H](O)[C@@H](O)[C@H](O[C@@H]5[C@H](O)[C@@H](O)[C@H](O[C@@H]6[C@H](O)[C@@H](O)[C@H](O[C@@H]7[C@H](O)[C@@H](O)[C@H](O[C@H]8[C@H](O)[C@@H](O)C(O)O[C@@H]8CO)O[C@@H]7CO)O[C@@H]6CO)O[C@@H]5CO)O[C@@H]4CO)O[C@@H]3CO)O[C@@H]2CO)[C@H](O)[C@@H](O)[C@H]1O. The second-order valence-corrected chi connectivity index (χ2v) is 22.4. The van der Waals surface area contributed by atoms with Gasteiger partial charge >= 0.3 is 0 Å². The molecular formula is C48H82O41. The average Bonchev–Trinajstić information content (AvgIpc) is 1.20. The Kier molecular flexibility index (Phi) is 25.9. The molecule has 41 heteroatoms. The van der Waals surface area contributed by atoms with E-state index in [4.69, 9.17) is 71.1 Å². The van der Waals surface area contributed by atoms with E-state index in [9.17, 15) is 133 Å². The summed E-state index contributed by atoms with van der Waals surface area (Å²) < 4.78 is 83.4. The minimum atomic E-state index is -2.26. The van der Waals surface area contributed by atoms with Gasteiger partial charge in [-0.1, -0.05) is 0 Å². The normalized spacial score (nSPS) is 53.6. The van der Waals surface area contributed by atoms with Crippen molar-refractivity contribution in [2.45, 2.75) is 246 Å². The van der Waals surface area contributed by atoms with Crippen LogP contribution >= 0.6 is 0 Å². The summed E-state index contributed by atoms with van der Waals surface area (Å²) in [6.07, 6.45) is -78.4. The fraction of sp³-hybridized carbons (Fsp3) is 1.00. The van der Waals surface area contributed by atoms with Crippen molar-refractivity contribution in [1.82, 2.24) is 0 Å². The third kappa shape index (κ3) is 15.0. The van der Waals surface area contributed by atoms with Gasteiger partial charge in [0.15, 0.2) is 50.3 Å². The van der Waals surface area contributed by atoms with Crippen LogP contribution in [0.2, 0.25) is 0 Å². The van der Waals surface area contributed by atoms with Gasteiger partial charge in [0.05, 0.1) is 52.9 Å². The van der Waals surface area contributed by atoms with Gasteiger partial charge in [0.2, 0.25) is 0 Å². The van der Waals surface area contributed by atoms with E-state index in [-0.39, 0.29) is 0 Å². The van der Waals surface area contributed by atoms with Crippen LogP contribution in [0.5, 0.6) is 0 Å². The predicted molar refractivity (Wildman–Crippen MR) is 264 cm³/mol. The van der Waals surface area contributed by atoms with E-state index in [1.54, 1.807) is 0 Å². The zero-order chi connectivity index (χ0) is 65.4. The Bertz CT molecular complexity index is 2120. The minimum absolute atomic E-state index is 0.854. The zero-order valence-electron chi connectivity index (χ0n) is 46.5. The first kappa shape index (κ1) is 73.2. The maximum Gasteiger partial charge on any atom is 0.187 e. The van der Waals surface area contributed by atoms with Gasteiger partial charge in [-0.25, -0.2) is 0 Å².